The molecule has 2 amide bonds. The lowest BCUT2D eigenvalue weighted by Gasteiger charge is -2.14. The van der Waals surface area contributed by atoms with Gasteiger partial charge in [-0.05, 0) is 48.7 Å². The molecule has 2 rings (SSSR count). The number of nitrogens with one attached hydrogen (secondary N) is 1. The molecule has 0 radical (unpaired) electrons. The quantitative estimate of drug-likeness (QED) is 0.667. The van der Waals surface area contributed by atoms with Gasteiger partial charge in [-0.1, -0.05) is 36.4 Å². The van der Waals surface area contributed by atoms with E-state index in [2.05, 4.69) is 16.9 Å². The van der Waals surface area contributed by atoms with Crippen LogP contribution in [0.5, 0.6) is 0 Å². The molecule has 0 spiro atoms. The Hall–Kier alpha value is -2.64. The van der Waals surface area contributed by atoms with Crippen LogP contribution in [0.3, 0.4) is 0 Å². The van der Waals surface area contributed by atoms with Crippen molar-refractivity contribution < 1.29 is 23.1 Å². The van der Waals surface area contributed by atoms with Crippen LogP contribution in [0.4, 0.5) is 18.0 Å². The number of amides is 2. The van der Waals surface area contributed by atoms with Gasteiger partial charge in [0.15, 0.2) is 0 Å². The van der Waals surface area contributed by atoms with E-state index in [0.717, 1.165) is 12.1 Å². The molecule has 0 aliphatic heterocycles. The number of alkyl halides is 3. The zero-order valence-corrected chi connectivity index (χ0v) is 15.9. The first-order valence-electron chi connectivity index (χ1n) is 8.16. The summed E-state index contributed by atoms with van der Waals surface area (Å²) >= 11 is 6.17. The molecule has 0 heterocycles. The van der Waals surface area contributed by atoms with Crippen molar-refractivity contribution in [2.45, 2.75) is 26.6 Å². The predicted octanol–water partition coefficient (Wildman–Crippen LogP) is 5.35. The third kappa shape index (κ3) is 4.99. The fraction of sp³-hybridized carbons (Fsp3) is 0.200. The minimum Gasteiger partial charge on any atom is -0.392 e. The number of rotatable bonds is 4. The SMILES string of the molecule is C=C(NC(=O)N=C(C)c1ccc(C(F)(F)F)cc1)c1c(Cl)ccc(CO)c1C. The van der Waals surface area contributed by atoms with Crippen molar-refractivity contribution >= 4 is 29.0 Å². The van der Waals surface area contributed by atoms with Crippen molar-refractivity contribution in [1.82, 2.24) is 5.32 Å². The Labute approximate surface area is 165 Å². The average molecular weight is 411 g/mol. The third-order valence-electron chi connectivity index (χ3n) is 4.16. The Morgan fingerprint density at radius 3 is 2.36 bits per heavy atom. The molecular formula is C20H18ClF3N2O2. The average Bonchev–Trinajstić information content (AvgIpc) is 2.61. The maximum Gasteiger partial charge on any atom is 0.416 e. The fourth-order valence-corrected chi connectivity index (χ4v) is 2.92. The van der Waals surface area contributed by atoms with E-state index in [-0.39, 0.29) is 18.0 Å². The summed E-state index contributed by atoms with van der Waals surface area (Å²) in [7, 11) is 0. The lowest BCUT2D eigenvalue weighted by Crippen LogP contribution is -2.20. The van der Waals surface area contributed by atoms with Crippen molar-refractivity contribution in [3.8, 4) is 0 Å². The molecule has 0 aliphatic carbocycles. The van der Waals surface area contributed by atoms with Gasteiger partial charge in [0, 0.05) is 11.3 Å². The molecule has 28 heavy (non-hydrogen) atoms. The van der Waals surface area contributed by atoms with E-state index in [9.17, 15) is 23.1 Å². The standard InChI is InChI=1S/C20H18ClF3N2O2/c1-11-15(10-27)6-9-17(21)18(11)13(3)26-19(28)25-12(2)14-4-7-16(8-5-14)20(22,23)24/h4-9,27H,3,10H2,1-2H3,(H,26,28). The molecule has 0 bridgehead atoms. The monoisotopic (exact) mass is 410 g/mol. The topological polar surface area (TPSA) is 61.7 Å². The summed E-state index contributed by atoms with van der Waals surface area (Å²) < 4.78 is 37.9. The molecule has 2 aromatic rings. The van der Waals surface area contributed by atoms with Gasteiger partial charge in [0.05, 0.1) is 22.9 Å². The molecule has 0 aromatic heterocycles. The highest BCUT2D eigenvalue weighted by Gasteiger charge is 2.30. The molecule has 148 valence electrons. The Morgan fingerprint density at radius 2 is 1.82 bits per heavy atom. The summed E-state index contributed by atoms with van der Waals surface area (Å²) in [6.07, 6.45) is -4.43. The molecule has 0 saturated carbocycles. The second kappa shape index (κ2) is 8.58. The summed E-state index contributed by atoms with van der Waals surface area (Å²) in [6, 6.07) is 6.86. The minimum absolute atomic E-state index is 0.192. The number of carbonyl (C=O) groups excluding carboxylic acids is 1. The van der Waals surface area contributed by atoms with Crippen molar-refractivity contribution in [1.29, 1.82) is 0 Å². The number of carbonyl (C=O) groups is 1. The second-order valence-corrected chi connectivity index (χ2v) is 6.45. The number of nitrogens with zero attached hydrogens (tertiary/aromatic N) is 1. The van der Waals surface area contributed by atoms with Crippen molar-refractivity contribution in [2.75, 3.05) is 0 Å². The van der Waals surface area contributed by atoms with E-state index in [4.69, 9.17) is 11.6 Å². The molecule has 2 N–H and O–H groups in total. The first-order chi connectivity index (χ1) is 13.0. The number of halogens is 4. The molecule has 0 fully saturated rings. The van der Waals surface area contributed by atoms with Crippen molar-refractivity contribution in [3.63, 3.8) is 0 Å². The Bertz CT molecular complexity index is 936. The van der Waals surface area contributed by atoms with Gasteiger partial charge in [0.2, 0.25) is 0 Å². The predicted molar refractivity (Wildman–Crippen MR) is 103 cm³/mol. The van der Waals surface area contributed by atoms with Gasteiger partial charge in [-0.3, -0.25) is 0 Å². The Kier molecular flexibility index (Phi) is 6.64. The number of hydrogen-bond acceptors (Lipinski definition) is 2. The van der Waals surface area contributed by atoms with E-state index in [1.807, 2.05) is 0 Å². The second-order valence-electron chi connectivity index (χ2n) is 6.05. The third-order valence-corrected chi connectivity index (χ3v) is 4.47. The van der Waals surface area contributed by atoms with E-state index in [1.165, 1.54) is 19.1 Å². The van der Waals surface area contributed by atoms with E-state index < -0.39 is 17.8 Å². The highest BCUT2D eigenvalue weighted by molar-refractivity contribution is 6.32. The van der Waals surface area contributed by atoms with Crippen LogP contribution in [0.1, 0.15) is 34.7 Å². The van der Waals surface area contributed by atoms with Gasteiger partial charge in [-0.2, -0.15) is 18.2 Å². The van der Waals surface area contributed by atoms with Crippen LogP contribution in [-0.4, -0.2) is 16.8 Å². The van der Waals surface area contributed by atoms with Crippen molar-refractivity contribution in [2.24, 2.45) is 4.99 Å². The van der Waals surface area contributed by atoms with Crippen LogP contribution in [0, 0.1) is 6.92 Å². The smallest absolute Gasteiger partial charge is 0.392 e. The number of benzene rings is 2. The van der Waals surface area contributed by atoms with Crippen LogP contribution in [0.2, 0.25) is 5.02 Å². The normalized spacial score (nSPS) is 12.0. The highest BCUT2D eigenvalue weighted by atomic mass is 35.5. The Morgan fingerprint density at radius 1 is 1.21 bits per heavy atom. The summed E-state index contributed by atoms with van der Waals surface area (Å²) in [5.41, 5.74) is 1.82. The lowest BCUT2D eigenvalue weighted by molar-refractivity contribution is -0.137. The largest absolute Gasteiger partial charge is 0.416 e. The highest BCUT2D eigenvalue weighted by Crippen LogP contribution is 2.29. The van der Waals surface area contributed by atoms with Gasteiger partial charge in [0.1, 0.15) is 0 Å². The molecule has 2 aromatic carbocycles. The number of aliphatic hydroxyl groups excluding tert-OH is 1. The minimum atomic E-state index is -4.43. The first kappa shape index (κ1) is 21.7. The molecule has 0 atom stereocenters. The van der Waals surface area contributed by atoms with Gasteiger partial charge in [-0.15, -0.1) is 0 Å². The van der Waals surface area contributed by atoms with Crippen LogP contribution < -0.4 is 5.32 Å². The molecular weight excluding hydrogens is 393 g/mol. The van der Waals surface area contributed by atoms with Crippen molar-refractivity contribution in [3.05, 3.63) is 75.8 Å². The van der Waals surface area contributed by atoms with Crippen LogP contribution >= 0.6 is 11.6 Å². The van der Waals surface area contributed by atoms with Gasteiger partial charge >= 0.3 is 12.2 Å². The zero-order chi connectivity index (χ0) is 21.1. The summed E-state index contributed by atoms with van der Waals surface area (Å²) in [6.45, 7) is 6.84. The van der Waals surface area contributed by atoms with Crippen LogP contribution in [0.15, 0.2) is 48.0 Å². The maximum atomic E-state index is 12.6. The van der Waals surface area contributed by atoms with E-state index in [0.29, 0.717) is 27.3 Å². The van der Waals surface area contributed by atoms with Gasteiger partial charge < -0.3 is 10.4 Å². The number of hydrogen-bond donors (Lipinski definition) is 2. The molecule has 0 aliphatic rings. The summed E-state index contributed by atoms with van der Waals surface area (Å²) in [4.78, 5) is 16.0. The molecule has 4 nitrogen and oxygen atoms in total. The number of urea groups is 1. The molecule has 8 heteroatoms. The first-order valence-corrected chi connectivity index (χ1v) is 8.54. The Balaban J connectivity index is 2.18. The number of aliphatic imine (C=N–C) groups is 1. The molecule has 0 saturated heterocycles. The fourth-order valence-electron chi connectivity index (χ4n) is 2.60. The van der Waals surface area contributed by atoms with E-state index >= 15 is 0 Å². The number of aliphatic hydroxyl groups is 1. The summed E-state index contributed by atoms with van der Waals surface area (Å²) in [5.74, 6) is 0. The van der Waals surface area contributed by atoms with Crippen LogP contribution in [0.25, 0.3) is 5.70 Å². The summed E-state index contributed by atoms with van der Waals surface area (Å²) in [5, 5.41) is 12.2. The molecule has 0 unspecified atom stereocenters. The van der Waals surface area contributed by atoms with Gasteiger partial charge in [-0.25, -0.2) is 4.79 Å². The zero-order valence-electron chi connectivity index (χ0n) is 15.2. The van der Waals surface area contributed by atoms with Gasteiger partial charge in [0.25, 0.3) is 0 Å². The maximum absolute atomic E-state index is 12.6. The van der Waals surface area contributed by atoms with Crippen LogP contribution in [-0.2, 0) is 12.8 Å². The lowest BCUT2D eigenvalue weighted by atomic mass is 10.0. The van der Waals surface area contributed by atoms with E-state index in [1.54, 1.807) is 19.1 Å².